The van der Waals surface area contributed by atoms with Gasteiger partial charge in [0.1, 0.15) is 5.78 Å². The number of rotatable bonds is 11. The molecule has 0 aromatic heterocycles. The van der Waals surface area contributed by atoms with Gasteiger partial charge in [0.25, 0.3) is 0 Å². The van der Waals surface area contributed by atoms with Crippen LogP contribution in [-0.2, 0) is 9.59 Å². The molecule has 1 N–H and O–H groups in total. The summed E-state index contributed by atoms with van der Waals surface area (Å²) >= 11 is 0. The average Bonchev–Trinajstić information content (AvgIpc) is 3.10. The van der Waals surface area contributed by atoms with E-state index in [1.165, 1.54) is 16.7 Å². The predicted octanol–water partition coefficient (Wildman–Crippen LogP) is 10.0. The Morgan fingerprint density at radius 2 is 1.21 bits per heavy atom. The van der Waals surface area contributed by atoms with E-state index in [4.69, 9.17) is 0 Å². The molecule has 1 saturated carbocycles. The lowest BCUT2D eigenvalue weighted by molar-refractivity contribution is -0.128. The van der Waals surface area contributed by atoms with Crippen molar-refractivity contribution in [2.75, 3.05) is 0 Å². The van der Waals surface area contributed by atoms with Gasteiger partial charge >= 0.3 is 0 Å². The lowest BCUT2D eigenvalue weighted by Crippen LogP contribution is -2.36. The van der Waals surface area contributed by atoms with E-state index < -0.39 is 5.41 Å². The van der Waals surface area contributed by atoms with Crippen LogP contribution in [-0.4, -0.2) is 22.8 Å². The fourth-order valence-corrected chi connectivity index (χ4v) is 5.93. The van der Waals surface area contributed by atoms with Crippen LogP contribution in [0.3, 0.4) is 0 Å². The molecule has 0 saturated heterocycles. The SMILES string of the molecule is CC(C=CC(=O)C1(C)CC(=O)CC1(C)C)=CC=CC(C)=C/C=C/C=C(C)/C=C/C=C(C)/C=C/C1=C(C)CC(O)CC1(C)C. The second kappa shape index (κ2) is 15.4. The molecule has 2 atom stereocenters. The number of carbonyl (C=O) groups is 2. The lowest BCUT2D eigenvalue weighted by Gasteiger charge is -2.35. The molecule has 0 radical (unpaired) electrons. The van der Waals surface area contributed by atoms with E-state index in [1.807, 2.05) is 64.2 Å². The van der Waals surface area contributed by atoms with Gasteiger partial charge in [-0.05, 0) is 69.9 Å². The summed E-state index contributed by atoms with van der Waals surface area (Å²) in [7, 11) is 0. The quantitative estimate of drug-likeness (QED) is 0.195. The van der Waals surface area contributed by atoms with Crippen LogP contribution in [0.15, 0.2) is 119 Å². The van der Waals surface area contributed by atoms with Gasteiger partial charge in [0.2, 0.25) is 0 Å². The molecule has 0 bridgehead atoms. The maximum Gasteiger partial charge on any atom is 0.162 e. The highest BCUT2D eigenvalue weighted by Gasteiger charge is 2.52. The number of aliphatic hydroxyl groups excluding tert-OH is 1. The summed E-state index contributed by atoms with van der Waals surface area (Å²) in [5, 5.41) is 10.1. The number of carbonyl (C=O) groups excluding carboxylic acids is 2. The van der Waals surface area contributed by atoms with Crippen molar-refractivity contribution in [2.45, 2.75) is 101 Å². The first-order chi connectivity index (χ1) is 20.0. The van der Waals surface area contributed by atoms with Gasteiger partial charge in [-0.3, -0.25) is 9.59 Å². The molecule has 43 heavy (non-hydrogen) atoms. The molecule has 0 spiro atoms. The number of hydrogen-bond acceptors (Lipinski definition) is 3. The fourth-order valence-electron chi connectivity index (χ4n) is 5.93. The third kappa shape index (κ3) is 10.7. The third-order valence-electron chi connectivity index (χ3n) is 8.98. The first-order valence-electron chi connectivity index (χ1n) is 15.5. The zero-order valence-corrected chi connectivity index (χ0v) is 28.3. The number of allylic oxidation sites excluding steroid dienone is 19. The largest absolute Gasteiger partial charge is 0.393 e. The number of ketones is 2. The van der Waals surface area contributed by atoms with Gasteiger partial charge in [-0.25, -0.2) is 0 Å². The molecule has 232 valence electrons. The van der Waals surface area contributed by atoms with Crippen LogP contribution >= 0.6 is 0 Å². The minimum Gasteiger partial charge on any atom is -0.393 e. The predicted molar refractivity (Wildman–Crippen MR) is 184 cm³/mol. The molecule has 3 heteroatoms. The van der Waals surface area contributed by atoms with Crippen molar-refractivity contribution < 1.29 is 14.7 Å². The number of hydrogen-bond donors (Lipinski definition) is 1. The monoisotopic (exact) mass is 582 g/mol. The van der Waals surface area contributed by atoms with Crippen LogP contribution in [0.25, 0.3) is 0 Å². The Balaban J connectivity index is 1.89. The first-order valence-corrected chi connectivity index (χ1v) is 15.5. The van der Waals surface area contributed by atoms with Crippen molar-refractivity contribution >= 4 is 11.6 Å². The van der Waals surface area contributed by atoms with Crippen molar-refractivity contribution in [3.63, 3.8) is 0 Å². The van der Waals surface area contributed by atoms with Gasteiger partial charge in [-0.15, -0.1) is 0 Å². The van der Waals surface area contributed by atoms with E-state index in [0.717, 1.165) is 29.6 Å². The van der Waals surface area contributed by atoms with Crippen molar-refractivity contribution in [3.05, 3.63) is 119 Å². The van der Waals surface area contributed by atoms with Crippen LogP contribution in [0.2, 0.25) is 0 Å². The Bertz CT molecular complexity index is 1360. The van der Waals surface area contributed by atoms with Gasteiger partial charge in [0.15, 0.2) is 5.78 Å². The Morgan fingerprint density at radius 3 is 1.70 bits per heavy atom. The molecule has 2 unspecified atom stereocenters. The molecule has 0 aliphatic heterocycles. The van der Waals surface area contributed by atoms with E-state index in [0.29, 0.717) is 12.8 Å². The highest BCUT2D eigenvalue weighted by Crippen LogP contribution is 2.51. The van der Waals surface area contributed by atoms with Crippen LogP contribution in [0.5, 0.6) is 0 Å². The second-order valence-corrected chi connectivity index (χ2v) is 14.0. The van der Waals surface area contributed by atoms with Crippen LogP contribution in [0, 0.1) is 16.2 Å². The Labute approximate surface area is 261 Å². The summed E-state index contributed by atoms with van der Waals surface area (Å²) < 4.78 is 0. The molecule has 2 rings (SSSR count). The smallest absolute Gasteiger partial charge is 0.162 e. The summed E-state index contributed by atoms with van der Waals surface area (Å²) in [6.45, 7) is 20.7. The standard InChI is InChI=1S/C40H54O3/c1-29(17-13-19-31(3)21-23-36-33(5)25-34(41)26-38(36,6)7)15-11-12-16-30(2)18-14-20-32(4)22-24-37(43)40(10)28-35(42)27-39(40,8)9/h11-24,34,41H,25-28H2,1-10H3/b12-11+,17-13+,18-14?,23-21+,24-22?,29-15+,30-16?,31-19+,32-20?. The van der Waals surface area contributed by atoms with Gasteiger partial charge in [0.05, 0.1) is 6.10 Å². The number of aliphatic hydroxyl groups is 1. The normalized spacial score (nSPS) is 26.0. The van der Waals surface area contributed by atoms with E-state index >= 15 is 0 Å². The van der Waals surface area contributed by atoms with Gasteiger partial charge in [-0.2, -0.15) is 0 Å². The van der Waals surface area contributed by atoms with E-state index in [9.17, 15) is 14.7 Å². The number of Topliss-reactive ketones (excluding diaryl/α,β-unsaturated/α-hetero) is 1. The van der Waals surface area contributed by atoms with Crippen molar-refractivity contribution in [1.82, 2.24) is 0 Å². The van der Waals surface area contributed by atoms with Crippen LogP contribution in [0.1, 0.15) is 94.9 Å². The molecule has 0 aromatic rings. The average molecular weight is 583 g/mol. The summed E-state index contributed by atoms with van der Waals surface area (Å²) in [5.41, 5.74) is 6.10. The lowest BCUT2D eigenvalue weighted by atomic mass is 9.66. The Kier molecular flexibility index (Phi) is 12.9. The maximum atomic E-state index is 12.9. The summed E-state index contributed by atoms with van der Waals surface area (Å²) in [5.74, 6) is 0.195. The maximum absolute atomic E-state index is 12.9. The molecular formula is C40H54O3. The zero-order chi connectivity index (χ0) is 32.4. The Morgan fingerprint density at radius 1 is 0.721 bits per heavy atom. The molecule has 1 fully saturated rings. The topological polar surface area (TPSA) is 54.4 Å². The van der Waals surface area contributed by atoms with Crippen molar-refractivity contribution in [2.24, 2.45) is 16.2 Å². The molecule has 0 aromatic carbocycles. The summed E-state index contributed by atoms with van der Waals surface area (Å²) in [4.78, 5) is 24.9. The molecule has 2 aliphatic rings. The van der Waals surface area contributed by atoms with E-state index in [1.54, 1.807) is 6.08 Å². The molecule has 3 nitrogen and oxygen atoms in total. The molecule has 0 amide bonds. The third-order valence-corrected chi connectivity index (χ3v) is 8.98. The molecular weight excluding hydrogens is 528 g/mol. The Hall–Kier alpha value is -3.30. The van der Waals surface area contributed by atoms with E-state index in [2.05, 4.69) is 84.1 Å². The highest BCUT2D eigenvalue weighted by atomic mass is 16.3. The van der Waals surface area contributed by atoms with E-state index in [-0.39, 0.29) is 28.5 Å². The zero-order valence-electron chi connectivity index (χ0n) is 28.3. The van der Waals surface area contributed by atoms with Crippen LogP contribution < -0.4 is 0 Å². The highest BCUT2D eigenvalue weighted by molar-refractivity contribution is 6.01. The van der Waals surface area contributed by atoms with Crippen molar-refractivity contribution in [1.29, 1.82) is 0 Å². The molecule has 0 heterocycles. The van der Waals surface area contributed by atoms with Gasteiger partial charge < -0.3 is 5.11 Å². The second-order valence-electron chi connectivity index (χ2n) is 14.0. The first kappa shape index (κ1) is 35.9. The fraction of sp³-hybridized carbons (Fsp3) is 0.450. The minimum atomic E-state index is -0.631. The molecule has 2 aliphatic carbocycles. The van der Waals surface area contributed by atoms with Gasteiger partial charge in [0, 0.05) is 18.3 Å². The van der Waals surface area contributed by atoms with Crippen LogP contribution in [0.4, 0.5) is 0 Å². The summed E-state index contributed by atoms with van der Waals surface area (Å²) in [6, 6.07) is 0. The van der Waals surface area contributed by atoms with Gasteiger partial charge in [-0.1, -0.05) is 141 Å². The van der Waals surface area contributed by atoms with Crippen molar-refractivity contribution in [3.8, 4) is 0 Å². The summed E-state index contributed by atoms with van der Waals surface area (Å²) in [6.07, 6.45) is 30.5. The minimum absolute atomic E-state index is 0.00746.